The number of carbonyl (C=O) groups is 1. The fourth-order valence-electron chi connectivity index (χ4n) is 4.81. The molecule has 7 nitrogen and oxygen atoms in total. The van der Waals surface area contributed by atoms with Gasteiger partial charge in [-0.1, -0.05) is 0 Å². The van der Waals surface area contributed by atoms with Crippen molar-refractivity contribution in [3.05, 3.63) is 33.7 Å². The van der Waals surface area contributed by atoms with E-state index in [4.69, 9.17) is 0 Å². The van der Waals surface area contributed by atoms with Gasteiger partial charge >= 0.3 is 0 Å². The molecule has 0 radical (unpaired) electrons. The average Bonchev–Trinajstić information content (AvgIpc) is 3.41. The molecule has 2 aromatic rings. The first-order chi connectivity index (χ1) is 14.4. The lowest BCUT2D eigenvalue weighted by atomic mass is 9.97. The van der Waals surface area contributed by atoms with E-state index in [-0.39, 0.29) is 12.1 Å². The van der Waals surface area contributed by atoms with Crippen LogP contribution in [-0.2, 0) is 4.79 Å². The van der Waals surface area contributed by atoms with Crippen molar-refractivity contribution in [3.63, 3.8) is 0 Å². The summed E-state index contributed by atoms with van der Waals surface area (Å²) in [6, 6.07) is 0.775. The maximum absolute atomic E-state index is 13.2. The number of hydrogen-bond donors (Lipinski definition) is 0. The molecule has 0 amide bonds. The highest BCUT2D eigenvalue weighted by Crippen LogP contribution is 2.27. The molecule has 0 saturated carbocycles. The van der Waals surface area contributed by atoms with Crippen LogP contribution in [0.2, 0.25) is 0 Å². The van der Waals surface area contributed by atoms with Gasteiger partial charge in [0.15, 0.2) is 5.78 Å². The topological polar surface area (TPSA) is 59.2 Å². The molecule has 2 unspecified atom stereocenters. The molecule has 0 aromatic carbocycles. The highest BCUT2D eigenvalue weighted by Gasteiger charge is 2.33. The third-order valence-corrected chi connectivity index (χ3v) is 7.62. The van der Waals surface area contributed by atoms with Gasteiger partial charge in [0.2, 0.25) is 0 Å². The third kappa shape index (κ3) is 4.89. The minimum atomic E-state index is -0.0369. The van der Waals surface area contributed by atoms with Gasteiger partial charge in [-0.05, 0) is 71.4 Å². The smallest absolute Gasteiger partial charge is 0.166 e. The van der Waals surface area contributed by atoms with E-state index in [1.165, 1.54) is 0 Å². The Labute approximate surface area is 195 Å². The molecule has 2 atom stereocenters. The van der Waals surface area contributed by atoms with E-state index in [1.54, 1.807) is 0 Å². The Bertz CT molecular complexity index is 783. The van der Waals surface area contributed by atoms with Crippen LogP contribution in [0.1, 0.15) is 51.6 Å². The summed E-state index contributed by atoms with van der Waals surface area (Å²) in [5.74, 6) is 0.343. The molecule has 0 aliphatic carbocycles. The second-order valence-corrected chi connectivity index (χ2v) is 10.4. The van der Waals surface area contributed by atoms with Gasteiger partial charge in [-0.3, -0.25) is 24.0 Å². The minimum Gasteiger partial charge on any atom is -0.296 e. The second-order valence-electron chi connectivity index (χ2n) is 8.57. The number of Topliss-reactive ketones (excluding diaryl/α,β-unsaturated/α-hetero) is 1. The number of likely N-dealkylation sites (tertiary alicyclic amines) is 2. The number of halogens is 2. The molecule has 9 heteroatoms. The first-order valence-electron chi connectivity index (χ1n) is 10.8. The summed E-state index contributed by atoms with van der Waals surface area (Å²) >= 11 is 6.95. The summed E-state index contributed by atoms with van der Waals surface area (Å²) in [4.78, 5) is 17.9. The van der Waals surface area contributed by atoms with Gasteiger partial charge in [-0.15, -0.1) is 0 Å². The van der Waals surface area contributed by atoms with Crippen molar-refractivity contribution in [3.8, 4) is 0 Å². The molecule has 0 N–H and O–H groups in total. The lowest BCUT2D eigenvalue weighted by Gasteiger charge is -2.39. The van der Waals surface area contributed by atoms with E-state index in [1.807, 2.05) is 24.8 Å². The van der Waals surface area contributed by atoms with Crippen LogP contribution in [0.15, 0.2) is 33.7 Å². The number of carbonyl (C=O) groups excluding carboxylic acids is 1. The Kier molecular flexibility index (Phi) is 7.12. The molecule has 4 rings (SSSR count). The number of piperidine rings is 2. The fraction of sp³-hybridized carbons (Fsp3) is 0.667. The van der Waals surface area contributed by atoms with Crippen LogP contribution in [0.4, 0.5) is 0 Å². The van der Waals surface area contributed by atoms with Crippen LogP contribution in [0.5, 0.6) is 0 Å². The maximum Gasteiger partial charge on any atom is 0.166 e. The average molecular weight is 542 g/mol. The van der Waals surface area contributed by atoms with E-state index in [0.717, 1.165) is 60.8 Å². The zero-order chi connectivity index (χ0) is 21.3. The zero-order valence-corrected chi connectivity index (χ0v) is 20.8. The Morgan fingerprint density at radius 3 is 1.50 bits per heavy atom. The largest absolute Gasteiger partial charge is 0.296 e. The zero-order valence-electron chi connectivity index (χ0n) is 17.6. The van der Waals surface area contributed by atoms with Crippen LogP contribution in [-0.4, -0.2) is 73.4 Å². The Morgan fingerprint density at radius 2 is 1.20 bits per heavy atom. The summed E-state index contributed by atoms with van der Waals surface area (Å²) in [6.07, 6.45) is 11.9. The monoisotopic (exact) mass is 540 g/mol. The number of aromatic nitrogens is 4. The molecule has 2 aromatic heterocycles. The van der Waals surface area contributed by atoms with Gasteiger partial charge in [0.1, 0.15) is 0 Å². The van der Waals surface area contributed by atoms with E-state index >= 15 is 0 Å². The van der Waals surface area contributed by atoms with Gasteiger partial charge in [0, 0.05) is 38.6 Å². The SMILES string of the molecule is CC(C(=O)C(C)N1CCC(n2cc(Br)cn2)CC1)N1CCC(n2cc(Br)cn2)CC1. The first kappa shape index (κ1) is 22.2. The Balaban J connectivity index is 1.27. The lowest BCUT2D eigenvalue weighted by Crippen LogP contribution is -2.52. The molecular weight excluding hydrogens is 512 g/mol. The van der Waals surface area contributed by atoms with Gasteiger partial charge in [-0.25, -0.2) is 0 Å². The van der Waals surface area contributed by atoms with Crippen LogP contribution in [0.3, 0.4) is 0 Å². The molecule has 0 spiro atoms. The Morgan fingerprint density at radius 1 is 0.833 bits per heavy atom. The number of rotatable bonds is 6. The van der Waals surface area contributed by atoms with Gasteiger partial charge in [-0.2, -0.15) is 10.2 Å². The normalized spacial score (nSPS) is 22.3. The molecule has 0 bridgehead atoms. The number of hydrogen-bond acceptors (Lipinski definition) is 5. The van der Waals surface area contributed by atoms with Crippen molar-refractivity contribution in [2.45, 2.75) is 63.7 Å². The minimum absolute atomic E-state index is 0.0369. The summed E-state index contributed by atoms with van der Waals surface area (Å²) < 4.78 is 6.15. The fourth-order valence-corrected chi connectivity index (χ4v) is 5.42. The first-order valence-corrected chi connectivity index (χ1v) is 12.4. The predicted molar refractivity (Wildman–Crippen MR) is 123 cm³/mol. The molecular formula is C21H30Br2N6O. The molecule has 2 aliphatic heterocycles. The summed E-state index contributed by atoms with van der Waals surface area (Å²) in [5.41, 5.74) is 0. The molecule has 2 aliphatic rings. The number of ketones is 1. The quantitative estimate of drug-likeness (QED) is 0.554. The van der Waals surface area contributed by atoms with Crippen molar-refractivity contribution in [1.82, 2.24) is 29.4 Å². The van der Waals surface area contributed by atoms with Crippen molar-refractivity contribution in [2.24, 2.45) is 0 Å². The summed E-state index contributed by atoms with van der Waals surface area (Å²) in [5, 5.41) is 8.86. The van der Waals surface area contributed by atoms with Gasteiger partial charge in [0.05, 0.1) is 45.5 Å². The van der Waals surface area contributed by atoms with E-state index < -0.39 is 0 Å². The predicted octanol–water partition coefficient (Wildman–Crippen LogP) is 3.92. The van der Waals surface area contributed by atoms with Crippen molar-refractivity contribution >= 4 is 37.6 Å². The molecule has 4 heterocycles. The van der Waals surface area contributed by atoms with Crippen LogP contribution >= 0.6 is 31.9 Å². The molecule has 30 heavy (non-hydrogen) atoms. The molecule has 2 fully saturated rings. The van der Waals surface area contributed by atoms with Crippen LogP contribution in [0, 0.1) is 0 Å². The molecule has 164 valence electrons. The second kappa shape index (κ2) is 9.63. The summed E-state index contributed by atoms with van der Waals surface area (Å²) in [6.45, 7) is 7.93. The van der Waals surface area contributed by atoms with E-state index in [9.17, 15) is 4.79 Å². The molecule has 2 saturated heterocycles. The lowest BCUT2D eigenvalue weighted by molar-refractivity contribution is -0.129. The van der Waals surface area contributed by atoms with Crippen molar-refractivity contribution < 1.29 is 4.79 Å². The van der Waals surface area contributed by atoms with Crippen molar-refractivity contribution in [1.29, 1.82) is 0 Å². The standard InChI is InChI=1S/C21H30Br2N6O/c1-15(26-7-3-19(4-8-26)28-13-17(22)11-24-28)21(30)16(2)27-9-5-20(6-10-27)29-14-18(23)12-25-29/h11-16,19-20H,3-10H2,1-2H3. The van der Waals surface area contributed by atoms with Gasteiger partial charge in [0.25, 0.3) is 0 Å². The number of nitrogens with zero attached hydrogens (tertiary/aromatic N) is 6. The maximum atomic E-state index is 13.2. The summed E-state index contributed by atoms with van der Waals surface area (Å²) in [7, 11) is 0. The van der Waals surface area contributed by atoms with Crippen LogP contribution in [0.25, 0.3) is 0 Å². The van der Waals surface area contributed by atoms with E-state index in [2.05, 4.69) is 75.1 Å². The highest BCUT2D eigenvalue weighted by atomic mass is 79.9. The van der Waals surface area contributed by atoms with E-state index in [0.29, 0.717) is 17.9 Å². The van der Waals surface area contributed by atoms with Crippen LogP contribution < -0.4 is 0 Å². The Hall–Kier alpha value is -1.03. The van der Waals surface area contributed by atoms with Crippen molar-refractivity contribution in [2.75, 3.05) is 26.2 Å². The van der Waals surface area contributed by atoms with Gasteiger partial charge < -0.3 is 0 Å². The highest BCUT2D eigenvalue weighted by molar-refractivity contribution is 9.10. The third-order valence-electron chi connectivity index (χ3n) is 6.81.